The standard InChI is InChI=1S/C5H13NS2.Zn/c1-3-8(4-2)5(6)7;/h8H,3-4H2,1-2H3,(H2,6,7);. The smallest absolute Gasteiger partial charge is 0.111 e. The average Bonchev–Trinajstić information content (AvgIpc) is 1.69. The number of rotatable bonds is 2. The number of nitrogens with two attached hydrogens (primary N) is 1. The maximum atomic E-state index is 5.42. The Bertz CT molecular complexity index is 83.0. The summed E-state index contributed by atoms with van der Waals surface area (Å²) in [5.74, 6) is 2.28. The third-order valence-electron chi connectivity index (χ3n) is 1.08. The summed E-state index contributed by atoms with van der Waals surface area (Å²) in [4.78, 5) is 0. The second kappa shape index (κ2) is 6.98. The fourth-order valence-corrected chi connectivity index (χ4v) is 2.38. The number of hydrogen-bond acceptors (Lipinski definition) is 1. The van der Waals surface area contributed by atoms with Gasteiger partial charge in [0.05, 0.1) is 0 Å². The number of hydrogen-bond donors (Lipinski definition) is 2. The average molecular weight is 217 g/mol. The molecule has 4 heteroatoms. The Morgan fingerprint density at radius 2 is 1.78 bits per heavy atom. The Morgan fingerprint density at radius 1 is 1.44 bits per heavy atom. The van der Waals surface area contributed by atoms with E-state index in [9.17, 15) is 0 Å². The molecule has 0 atom stereocenters. The molecule has 0 unspecified atom stereocenters. The molecule has 2 N–H and O–H groups in total. The molecule has 0 saturated heterocycles. The molecule has 0 aromatic carbocycles. The van der Waals surface area contributed by atoms with Gasteiger partial charge in [-0.2, -0.15) is 0 Å². The molecule has 9 heavy (non-hydrogen) atoms. The molecule has 0 aromatic rings. The number of thiol groups is 1. The first-order valence-corrected chi connectivity index (χ1v) is 4.88. The fourth-order valence-electron chi connectivity index (χ4n) is 0.535. The Balaban J connectivity index is 0. The molecule has 0 bridgehead atoms. The zero-order chi connectivity index (χ0) is 6.57. The van der Waals surface area contributed by atoms with Gasteiger partial charge in [0.25, 0.3) is 0 Å². The predicted octanol–water partition coefficient (Wildman–Crippen LogP) is 1.27. The summed E-state index contributed by atoms with van der Waals surface area (Å²) < 4.78 is 0.727. The molecule has 0 aliphatic rings. The molecular weight excluding hydrogens is 204 g/mol. The first kappa shape index (κ1) is 12.5. The van der Waals surface area contributed by atoms with Gasteiger partial charge in [-0.15, -0.1) is 0 Å². The molecule has 52 valence electrons. The maximum absolute atomic E-state index is 5.42. The van der Waals surface area contributed by atoms with Crippen LogP contribution in [0.4, 0.5) is 0 Å². The third kappa shape index (κ3) is 5.31. The normalized spacial score (nSPS) is 9.78. The molecule has 0 fully saturated rings. The van der Waals surface area contributed by atoms with Crippen molar-refractivity contribution in [1.82, 2.24) is 0 Å². The van der Waals surface area contributed by atoms with Crippen molar-refractivity contribution in [2.75, 3.05) is 11.5 Å². The van der Waals surface area contributed by atoms with Crippen LogP contribution >= 0.6 is 23.1 Å². The second-order valence-corrected chi connectivity index (χ2v) is 5.08. The number of thiocarbonyl (C=S) groups is 1. The summed E-state index contributed by atoms with van der Waals surface area (Å²) in [5, 5.41) is 0. The van der Waals surface area contributed by atoms with E-state index in [2.05, 4.69) is 13.8 Å². The van der Waals surface area contributed by atoms with Gasteiger partial charge in [-0.1, -0.05) is 26.1 Å². The summed E-state index contributed by atoms with van der Waals surface area (Å²) >= 11 is 4.82. The van der Waals surface area contributed by atoms with E-state index in [1.54, 1.807) is 0 Å². The molecule has 1 nitrogen and oxygen atoms in total. The predicted molar refractivity (Wildman–Crippen MR) is 46.9 cm³/mol. The quantitative estimate of drug-likeness (QED) is 0.413. The summed E-state index contributed by atoms with van der Waals surface area (Å²) in [5.41, 5.74) is 5.42. The van der Waals surface area contributed by atoms with E-state index >= 15 is 0 Å². The molecular formula is C5H13NS2Zn. The van der Waals surface area contributed by atoms with Crippen molar-refractivity contribution in [1.29, 1.82) is 0 Å². The molecule has 0 heterocycles. The first-order chi connectivity index (χ1) is 3.72. The van der Waals surface area contributed by atoms with Gasteiger partial charge in [-0.25, -0.2) is 10.9 Å². The van der Waals surface area contributed by atoms with Crippen molar-refractivity contribution in [3.05, 3.63) is 0 Å². The first-order valence-electron chi connectivity index (χ1n) is 2.76. The van der Waals surface area contributed by atoms with Crippen molar-refractivity contribution >= 4 is 27.4 Å². The van der Waals surface area contributed by atoms with Crippen molar-refractivity contribution in [3.63, 3.8) is 0 Å². The minimum Gasteiger partial charge on any atom is -0.386 e. The van der Waals surface area contributed by atoms with E-state index < -0.39 is 0 Å². The summed E-state index contributed by atoms with van der Waals surface area (Å²) in [6, 6.07) is 0. The van der Waals surface area contributed by atoms with E-state index in [-0.39, 0.29) is 30.4 Å². The van der Waals surface area contributed by atoms with Crippen molar-refractivity contribution in [2.45, 2.75) is 13.8 Å². The van der Waals surface area contributed by atoms with E-state index in [0.717, 1.165) is 15.8 Å². The van der Waals surface area contributed by atoms with Gasteiger partial charge in [0, 0.05) is 19.5 Å². The van der Waals surface area contributed by atoms with Crippen LogP contribution in [0.25, 0.3) is 0 Å². The minimum absolute atomic E-state index is 0. The Hall–Kier alpha value is 0.863. The molecule has 0 spiro atoms. The van der Waals surface area contributed by atoms with E-state index in [0.29, 0.717) is 0 Å². The zero-order valence-corrected chi connectivity index (χ0v) is 10.7. The fraction of sp³-hybridized carbons (Fsp3) is 0.800. The molecule has 0 saturated carbocycles. The van der Waals surface area contributed by atoms with Crippen LogP contribution in [0.2, 0.25) is 0 Å². The molecule has 0 aromatic heterocycles. The van der Waals surface area contributed by atoms with Crippen molar-refractivity contribution in [2.24, 2.45) is 5.73 Å². The van der Waals surface area contributed by atoms with E-state index in [4.69, 9.17) is 18.0 Å². The van der Waals surface area contributed by atoms with Crippen LogP contribution in [0.15, 0.2) is 0 Å². The largest absolute Gasteiger partial charge is 0.386 e. The van der Waals surface area contributed by atoms with Crippen LogP contribution in [0.3, 0.4) is 0 Å². The van der Waals surface area contributed by atoms with Crippen molar-refractivity contribution in [3.8, 4) is 0 Å². The second-order valence-electron chi connectivity index (χ2n) is 1.51. The molecule has 0 amide bonds. The van der Waals surface area contributed by atoms with Crippen LogP contribution in [0, 0.1) is 0 Å². The Labute approximate surface area is 77.9 Å². The van der Waals surface area contributed by atoms with Gasteiger partial charge in [0.1, 0.15) is 4.32 Å². The third-order valence-corrected chi connectivity index (χ3v) is 4.00. The molecule has 0 rings (SSSR count). The molecule has 0 radical (unpaired) electrons. The van der Waals surface area contributed by atoms with Crippen LogP contribution in [0.1, 0.15) is 13.8 Å². The zero-order valence-electron chi connectivity index (χ0n) is 6.05. The van der Waals surface area contributed by atoms with E-state index in [1.807, 2.05) is 0 Å². The van der Waals surface area contributed by atoms with Crippen molar-refractivity contribution < 1.29 is 19.5 Å². The Morgan fingerprint density at radius 3 is 1.78 bits per heavy atom. The SMILES string of the molecule is CC[SH](CC)C(N)=S.[Zn]. The van der Waals surface area contributed by atoms with E-state index in [1.165, 1.54) is 0 Å². The van der Waals surface area contributed by atoms with Crippen LogP contribution in [-0.2, 0) is 19.5 Å². The van der Waals surface area contributed by atoms with Gasteiger partial charge in [0.15, 0.2) is 0 Å². The van der Waals surface area contributed by atoms with Gasteiger partial charge in [-0.3, -0.25) is 0 Å². The van der Waals surface area contributed by atoms with Crippen LogP contribution < -0.4 is 5.73 Å². The topological polar surface area (TPSA) is 26.0 Å². The maximum Gasteiger partial charge on any atom is 0.111 e. The van der Waals surface area contributed by atoms with Gasteiger partial charge >= 0.3 is 0 Å². The monoisotopic (exact) mass is 215 g/mol. The summed E-state index contributed by atoms with van der Waals surface area (Å²) in [6.07, 6.45) is 0. The van der Waals surface area contributed by atoms with Crippen LogP contribution in [0.5, 0.6) is 0 Å². The summed E-state index contributed by atoms with van der Waals surface area (Å²) in [6.45, 7) is 4.27. The Kier molecular flexibility index (Phi) is 9.71. The van der Waals surface area contributed by atoms with Gasteiger partial charge in [-0.05, 0) is 11.5 Å². The molecule has 0 aliphatic carbocycles. The van der Waals surface area contributed by atoms with Gasteiger partial charge < -0.3 is 5.73 Å². The minimum atomic E-state index is -0.106. The summed E-state index contributed by atoms with van der Waals surface area (Å²) in [7, 11) is -0.106. The van der Waals surface area contributed by atoms with Crippen LogP contribution in [-0.4, -0.2) is 15.8 Å². The molecule has 0 aliphatic heterocycles. The van der Waals surface area contributed by atoms with Gasteiger partial charge in [0.2, 0.25) is 0 Å².